The van der Waals surface area contributed by atoms with Crippen molar-refractivity contribution >= 4 is 0 Å². The third kappa shape index (κ3) is 2.10. The van der Waals surface area contributed by atoms with Crippen LogP contribution < -0.4 is 5.32 Å². The Bertz CT molecular complexity index is 148. The molecular weight excluding hydrogens is 171 g/mol. The first-order chi connectivity index (χ1) is 5.55. The van der Waals surface area contributed by atoms with Crippen molar-refractivity contribution in [2.24, 2.45) is 11.8 Å². The van der Waals surface area contributed by atoms with Gasteiger partial charge in [-0.15, -0.1) is 0 Å². The van der Waals surface area contributed by atoms with E-state index in [2.05, 4.69) is 5.32 Å². The van der Waals surface area contributed by atoms with Crippen molar-refractivity contribution in [3.8, 4) is 0 Å². The van der Waals surface area contributed by atoms with Gasteiger partial charge < -0.3 is 10.4 Å². The van der Waals surface area contributed by atoms with Crippen LogP contribution in [0.1, 0.15) is 6.42 Å². The van der Waals surface area contributed by atoms with Gasteiger partial charge >= 0.3 is 6.18 Å². The summed E-state index contributed by atoms with van der Waals surface area (Å²) in [4.78, 5) is 0. The number of halogens is 3. The van der Waals surface area contributed by atoms with Crippen molar-refractivity contribution in [3.05, 3.63) is 0 Å². The van der Waals surface area contributed by atoms with Gasteiger partial charge in [0.15, 0.2) is 0 Å². The van der Waals surface area contributed by atoms with Crippen LogP contribution in [0.3, 0.4) is 0 Å². The molecule has 1 rings (SSSR count). The molecule has 1 aliphatic heterocycles. The Labute approximate surface area is 68.8 Å². The highest BCUT2D eigenvalue weighted by Crippen LogP contribution is 2.35. The summed E-state index contributed by atoms with van der Waals surface area (Å²) in [6.07, 6.45) is -4.08. The summed E-state index contributed by atoms with van der Waals surface area (Å²) in [5, 5.41) is 11.5. The molecule has 0 aromatic rings. The van der Waals surface area contributed by atoms with Gasteiger partial charge in [-0.2, -0.15) is 13.2 Å². The van der Waals surface area contributed by atoms with Crippen molar-refractivity contribution in [1.82, 2.24) is 5.32 Å². The highest BCUT2D eigenvalue weighted by molar-refractivity contribution is 4.82. The summed E-state index contributed by atoms with van der Waals surface area (Å²) in [6, 6.07) is 0. The molecule has 0 bridgehead atoms. The minimum absolute atomic E-state index is 0.0781. The van der Waals surface area contributed by atoms with Crippen molar-refractivity contribution in [1.29, 1.82) is 0 Å². The molecule has 5 heteroatoms. The van der Waals surface area contributed by atoms with Crippen molar-refractivity contribution in [2.45, 2.75) is 12.6 Å². The van der Waals surface area contributed by atoms with Crippen LogP contribution in [0.5, 0.6) is 0 Å². The molecule has 0 saturated carbocycles. The third-order valence-electron chi connectivity index (χ3n) is 2.26. The van der Waals surface area contributed by atoms with E-state index in [1.807, 2.05) is 0 Å². The van der Waals surface area contributed by atoms with E-state index in [-0.39, 0.29) is 13.0 Å². The molecule has 2 N–H and O–H groups in total. The normalized spacial score (nSPS) is 32.0. The molecule has 12 heavy (non-hydrogen) atoms. The lowest BCUT2D eigenvalue weighted by Crippen LogP contribution is -2.44. The van der Waals surface area contributed by atoms with Crippen LogP contribution in [0.15, 0.2) is 0 Å². The topological polar surface area (TPSA) is 32.3 Å². The molecular formula is C7H12F3NO. The second kappa shape index (κ2) is 3.62. The molecule has 1 saturated heterocycles. The van der Waals surface area contributed by atoms with Gasteiger partial charge in [-0.3, -0.25) is 0 Å². The Morgan fingerprint density at radius 3 is 2.50 bits per heavy atom. The molecule has 1 fully saturated rings. The summed E-state index contributed by atoms with van der Waals surface area (Å²) in [6.45, 7) is 0.262. The quantitative estimate of drug-likeness (QED) is 0.629. The van der Waals surface area contributed by atoms with Gasteiger partial charge in [-0.25, -0.2) is 0 Å². The number of hydrogen-bond donors (Lipinski definition) is 2. The average molecular weight is 183 g/mol. The number of hydrogen-bond acceptors (Lipinski definition) is 2. The van der Waals surface area contributed by atoms with Crippen LogP contribution in [0.2, 0.25) is 0 Å². The van der Waals surface area contributed by atoms with Gasteiger partial charge in [0.1, 0.15) is 0 Å². The number of aliphatic hydroxyl groups is 1. The lowest BCUT2D eigenvalue weighted by Gasteiger charge is -2.32. The molecule has 0 aromatic carbocycles. The number of rotatable bonds is 1. The van der Waals surface area contributed by atoms with E-state index >= 15 is 0 Å². The van der Waals surface area contributed by atoms with Crippen LogP contribution >= 0.6 is 0 Å². The minimum atomic E-state index is -4.16. The second-order valence-electron chi connectivity index (χ2n) is 3.08. The summed E-state index contributed by atoms with van der Waals surface area (Å²) in [5.41, 5.74) is 0. The summed E-state index contributed by atoms with van der Waals surface area (Å²) < 4.78 is 36.7. The highest BCUT2D eigenvalue weighted by atomic mass is 19.4. The SMILES string of the molecule is OC[C@@H]1CNCC[C@@H]1C(F)(F)F. The van der Waals surface area contributed by atoms with Gasteiger partial charge in [0.25, 0.3) is 0 Å². The Balaban J connectivity index is 2.59. The predicted octanol–water partition coefficient (Wildman–Crippen LogP) is 0.767. The standard InChI is InChI=1S/C7H12F3NO/c8-7(9,10)6-1-2-11-3-5(6)4-12/h5-6,11-12H,1-4H2/t5-,6-/m0/s1. The molecule has 0 amide bonds. The molecule has 0 aromatic heterocycles. The molecule has 2 atom stereocenters. The van der Waals surface area contributed by atoms with Crippen LogP contribution in [-0.2, 0) is 0 Å². The molecule has 2 nitrogen and oxygen atoms in total. The number of nitrogens with one attached hydrogen (secondary N) is 1. The molecule has 0 radical (unpaired) electrons. The van der Waals surface area contributed by atoms with E-state index in [0.717, 1.165) is 0 Å². The van der Waals surface area contributed by atoms with Crippen LogP contribution in [0.4, 0.5) is 13.2 Å². The first-order valence-electron chi connectivity index (χ1n) is 3.94. The Hall–Kier alpha value is -0.290. The van der Waals surface area contributed by atoms with Gasteiger partial charge in [-0.1, -0.05) is 0 Å². The molecule has 1 heterocycles. The van der Waals surface area contributed by atoms with E-state index in [4.69, 9.17) is 5.11 Å². The second-order valence-corrected chi connectivity index (χ2v) is 3.08. The monoisotopic (exact) mass is 183 g/mol. The summed E-state index contributed by atoms with van der Waals surface area (Å²) in [7, 11) is 0. The van der Waals surface area contributed by atoms with Crippen molar-refractivity contribution in [3.63, 3.8) is 0 Å². The fourth-order valence-electron chi connectivity index (χ4n) is 1.55. The van der Waals surface area contributed by atoms with Gasteiger partial charge in [0.05, 0.1) is 5.92 Å². The lowest BCUT2D eigenvalue weighted by atomic mass is 9.86. The zero-order valence-corrected chi connectivity index (χ0v) is 6.56. The average Bonchev–Trinajstić information content (AvgIpc) is 2.03. The molecule has 0 aliphatic carbocycles. The summed E-state index contributed by atoms with van der Waals surface area (Å²) in [5.74, 6) is -2.00. The van der Waals surface area contributed by atoms with Crippen LogP contribution in [0, 0.1) is 11.8 Å². The van der Waals surface area contributed by atoms with E-state index in [9.17, 15) is 13.2 Å². The van der Waals surface area contributed by atoms with Gasteiger partial charge in [0, 0.05) is 19.1 Å². The van der Waals surface area contributed by atoms with E-state index < -0.39 is 24.6 Å². The Kier molecular flexibility index (Phi) is 2.95. The van der Waals surface area contributed by atoms with E-state index in [1.54, 1.807) is 0 Å². The van der Waals surface area contributed by atoms with Gasteiger partial charge in [0.2, 0.25) is 0 Å². The number of alkyl halides is 3. The molecule has 1 aliphatic rings. The third-order valence-corrected chi connectivity index (χ3v) is 2.26. The van der Waals surface area contributed by atoms with Crippen molar-refractivity contribution in [2.75, 3.05) is 19.7 Å². The lowest BCUT2D eigenvalue weighted by molar-refractivity contribution is -0.197. The zero-order valence-electron chi connectivity index (χ0n) is 6.56. The van der Waals surface area contributed by atoms with Crippen LogP contribution in [0.25, 0.3) is 0 Å². The minimum Gasteiger partial charge on any atom is -0.396 e. The summed E-state index contributed by atoms with van der Waals surface area (Å²) >= 11 is 0. The zero-order chi connectivity index (χ0) is 9.19. The predicted molar refractivity (Wildman–Crippen MR) is 37.6 cm³/mol. The molecule has 0 spiro atoms. The van der Waals surface area contributed by atoms with Gasteiger partial charge in [-0.05, 0) is 13.0 Å². The maximum absolute atomic E-state index is 12.2. The van der Waals surface area contributed by atoms with E-state index in [1.165, 1.54) is 0 Å². The first-order valence-corrected chi connectivity index (χ1v) is 3.94. The Morgan fingerprint density at radius 2 is 2.08 bits per heavy atom. The maximum atomic E-state index is 12.2. The smallest absolute Gasteiger partial charge is 0.392 e. The first kappa shape index (κ1) is 9.80. The van der Waals surface area contributed by atoms with E-state index in [0.29, 0.717) is 6.54 Å². The fraction of sp³-hybridized carbons (Fsp3) is 1.00. The number of piperidine rings is 1. The largest absolute Gasteiger partial charge is 0.396 e. The molecule has 72 valence electrons. The fourth-order valence-corrected chi connectivity index (χ4v) is 1.55. The van der Waals surface area contributed by atoms with Crippen LogP contribution in [-0.4, -0.2) is 31.0 Å². The number of aliphatic hydroxyl groups excluding tert-OH is 1. The maximum Gasteiger partial charge on any atom is 0.392 e. The Morgan fingerprint density at radius 1 is 1.42 bits per heavy atom. The van der Waals surface area contributed by atoms with Crippen molar-refractivity contribution < 1.29 is 18.3 Å². The highest BCUT2D eigenvalue weighted by Gasteiger charge is 2.44. The molecule has 0 unspecified atom stereocenters.